The van der Waals surface area contributed by atoms with Crippen LogP contribution in [0.25, 0.3) is 0 Å². The van der Waals surface area contributed by atoms with Gasteiger partial charge in [-0.1, -0.05) is 31.5 Å². The van der Waals surface area contributed by atoms with Gasteiger partial charge in [0, 0.05) is 32.9 Å². The van der Waals surface area contributed by atoms with E-state index in [9.17, 15) is 13.2 Å². The number of carbonyl (C=O) groups excluding carboxylic acids is 1. The van der Waals surface area contributed by atoms with Crippen molar-refractivity contribution in [3.63, 3.8) is 0 Å². The number of nitrogens with zero attached hydrogens (tertiary/aromatic N) is 2. The molecule has 1 amide bonds. The van der Waals surface area contributed by atoms with Gasteiger partial charge in [0.15, 0.2) is 0 Å². The summed E-state index contributed by atoms with van der Waals surface area (Å²) in [6, 6.07) is 7.28. The molecule has 6 nitrogen and oxygen atoms in total. The van der Waals surface area contributed by atoms with Crippen molar-refractivity contribution in [3.05, 3.63) is 29.8 Å². The van der Waals surface area contributed by atoms with Crippen molar-refractivity contribution < 1.29 is 13.2 Å². The van der Waals surface area contributed by atoms with E-state index >= 15 is 0 Å². The lowest BCUT2D eigenvalue weighted by molar-refractivity contribution is -0.125. The van der Waals surface area contributed by atoms with Gasteiger partial charge in [0.2, 0.25) is 15.9 Å². The second kappa shape index (κ2) is 8.67. The van der Waals surface area contributed by atoms with Crippen LogP contribution in [0.2, 0.25) is 0 Å². The summed E-state index contributed by atoms with van der Waals surface area (Å²) < 4.78 is 26.3. The number of sulfonamides is 1. The molecule has 1 aliphatic rings. The molecule has 1 aromatic rings. The van der Waals surface area contributed by atoms with Crippen LogP contribution in [-0.2, 0) is 21.4 Å². The number of benzene rings is 1. The molecule has 1 saturated heterocycles. The van der Waals surface area contributed by atoms with Gasteiger partial charge in [0.05, 0.1) is 5.75 Å². The number of rotatable bonds is 7. The Morgan fingerprint density at radius 2 is 2.00 bits per heavy atom. The van der Waals surface area contributed by atoms with Gasteiger partial charge in [-0.15, -0.1) is 0 Å². The average molecular weight is 368 g/mol. The highest BCUT2D eigenvalue weighted by Crippen LogP contribution is 2.22. The Balaban J connectivity index is 2.08. The standard InChI is InChI=1S/C18H29N3O3S/c1-4-13-25(23,24)21-12-8-7-11-17(21)18(22)19-14-15-9-5-6-10-16(15)20(2)3/h5-6,9-10,17H,4,7-8,11-14H2,1-3H3,(H,19,22). The Hall–Kier alpha value is -1.60. The van der Waals surface area contributed by atoms with Gasteiger partial charge in [-0.2, -0.15) is 4.31 Å². The van der Waals surface area contributed by atoms with Crippen molar-refractivity contribution in [2.75, 3.05) is 31.3 Å². The average Bonchev–Trinajstić information content (AvgIpc) is 2.59. The number of nitrogens with one attached hydrogen (secondary N) is 1. The monoisotopic (exact) mass is 367 g/mol. The van der Waals surface area contributed by atoms with Crippen LogP contribution in [0.4, 0.5) is 5.69 Å². The lowest BCUT2D eigenvalue weighted by Gasteiger charge is -2.33. The number of hydrogen-bond donors (Lipinski definition) is 1. The molecule has 0 spiro atoms. The molecule has 1 aromatic carbocycles. The zero-order chi connectivity index (χ0) is 18.4. The van der Waals surface area contributed by atoms with Gasteiger partial charge >= 0.3 is 0 Å². The molecule has 140 valence electrons. The Bertz CT molecular complexity index is 689. The van der Waals surface area contributed by atoms with Crippen LogP contribution in [-0.4, -0.2) is 51.1 Å². The summed E-state index contributed by atoms with van der Waals surface area (Å²) in [6.45, 7) is 2.68. The predicted octanol–water partition coefficient (Wildman–Crippen LogP) is 1.96. The van der Waals surface area contributed by atoms with Gasteiger partial charge < -0.3 is 10.2 Å². The largest absolute Gasteiger partial charge is 0.377 e. The number of piperidine rings is 1. The molecule has 0 bridgehead atoms. The number of carbonyl (C=O) groups is 1. The first-order valence-corrected chi connectivity index (χ1v) is 10.5. The van der Waals surface area contributed by atoms with Crippen LogP contribution in [0.1, 0.15) is 38.2 Å². The molecule has 1 aliphatic heterocycles. The maximum absolute atomic E-state index is 12.7. The normalized spacial score (nSPS) is 18.8. The molecule has 0 radical (unpaired) electrons. The second-order valence-electron chi connectivity index (χ2n) is 6.68. The summed E-state index contributed by atoms with van der Waals surface area (Å²) in [5.74, 6) is -0.104. The highest BCUT2D eigenvalue weighted by molar-refractivity contribution is 7.89. The van der Waals surface area contributed by atoms with Crippen LogP contribution in [0.5, 0.6) is 0 Å². The number of hydrogen-bond acceptors (Lipinski definition) is 4. The minimum atomic E-state index is -3.37. The van der Waals surface area contributed by atoms with Crippen molar-refractivity contribution >= 4 is 21.6 Å². The topological polar surface area (TPSA) is 69.7 Å². The zero-order valence-corrected chi connectivity index (χ0v) is 16.2. The number of para-hydroxylation sites is 1. The van der Waals surface area contributed by atoms with Crippen LogP contribution in [0.3, 0.4) is 0 Å². The van der Waals surface area contributed by atoms with Gasteiger partial charge in [-0.25, -0.2) is 8.42 Å². The lowest BCUT2D eigenvalue weighted by Crippen LogP contribution is -2.52. The van der Waals surface area contributed by atoms with Gasteiger partial charge in [-0.3, -0.25) is 4.79 Å². The predicted molar refractivity (Wildman–Crippen MR) is 101 cm³/mol. The van der Waals surface area contributed by atoms with E-state index in [1.54, 1.807) is 0 Å². The minimum Gasteiger partial charge on any atom is -0.377 e. The summed E-state index contributed by atoms with van der Waals surface area (Å²) >= 11 is 0. The second-order valence-corrected chi connectivity index (χ2v) is 8.72. The highest BCUT2D eigenvalue weighted by atomic mass is 32.2. The SMILES string of the molecule is CCCS(=O)(=O)N1CCCCC1C(=O)NCc1ccccc1N(C)C. The molecular weight excluding hydrogens is 338 g/mol. The van der Waals surface area contributed by atoms with E-state index in [4.69, 9.17) is 0 Å². The van der Waals surface area contributed by atoms with E-state index in [0.717, 1.165) is 24.1 Å². The van der Waals surface area contributed by atoms with E-state index < -0.39 is 16.1 Å². The highest BCUT2D eigenvalue weighted by Gasteiger charge is 2.35. The third-order valence-electron chi connectivity index (χ3n) is 4.50. The van der Waals surface area contributed by atoms with Crippen molar-refractivity contribution in [2.24, 2.45) is 0 Å². The van der Waals surface area contributed by atoms with Crippen LogP contribution >= 0.6 is 0 Å². The molecule has 1 atom stereocenters. The van der Waals surface area contributed by atoms with E-state index in [1.807, 2.05) is 50.2 Å². The third-order valence-corrected chi connectivity index (χ3v) is 6.58. The molecule has 1 N–H and O–H groups in total. The zero-order valence-electron chi connectivity index (χ0n) is 15.4. The third kappa shape index (κ3) is 4.95. The Labute approximate surface area is 151 Å². The lowest BCUT2D eigenvalue weighted by atomic mass is 10.0. The van der Waals surface area contributed by atoms with E-state index in [0.29, 0.717) is 25.9 Å². The smallest absolute Gasteiger partial charge is 0.238 e. The first kappa shape index (κ1) is 19.7. The fraction of sp³-hybridized carbons (Fsp3) is 0.611. The molecule has 0 aromatic heterocycles. The minimum absolute atomic E-state index is 0.0975. The van der Waals surface area contributed by atoms with E-state index in [1.165, 1.54) is 4.31 Å². The molecule has 0 aliphatic carbocycles. The molecule has 25 heavy (non-hydrogen) atoms. The molecule has 1 unspecified atom stereocenters. The summed E-state index contributed by atoms with van der Waals surface area (Å²) in [5.41, 5.74) is 2.06. The maximum atomic E-state index is 12.7. The number of amides is 1. The van der Waals surface area contributed by atoms with Crippen LogP contribution < -0.4 is 10.2 Å². The molecule has 0 saturated carbocycles. The molecule has 1 heterocycles. The molecule has 2 rings (SSSR count). The fourth-order valence-electron chi connectivity index (χ4n) is 3.27. The Morgan fingerprint density at radius 3 is 2.68 bits per heavy atom. The summed E-state index contributed by atoms with van der Waals surface area (Å²) in [6.07, 6.45) is 2.84. The number of anilines is 1. The van der Waals surface area contributed by atoms with Gasteiger partial charge in [0.1, 0.15) is 6.04 Å². The van der Waals surface area contributed by atoms with E-state index in [2.05, 4.69) is 5.32 Å². The van der Waals surface area contributed by atoms with Crippen LogP contribution in [0, 0.1) is 0 Å². The first-order chi connectivity index (χ1) is 11.9. The fourth-order valence-corrected chi connectivity index (χ4v) is 5.02. The van der Waals surface area contributed by atoms with Crippen LogP contribution in [0.15, 0.2) is 24.3 Å². The molecular formula is C18H29N3O3S. The summed E-state index contributed by atoms with van der Waals surface area (Å²) in [5, 5.41) is 2.94. The summed E-state index contributed by atoms with van der Waals surface area (Å²) in [4.78, 5) is 14.7. The van der Waals surface area contributed by atoms with Crippen molar-refractivity contribution in [3.8, 4) is 0 Å². The van der Waals surface area contributed by atoms with Crippen molar-refractivity contribution in [1.82, 2.24) is 9.62 Å². The Kier molecular flexibility index (Phi) is 6.84. The van der Waals surface area contributed by atoms with Gasteiger partial charge in [0.25, 0.3) is 0 Å². The van der Waals surface area contributed by atoms with Gasteiger partial charge in [-0.05, 0) is 30.9 Å². The first-order valence-electron chi connectivity index (χ1n) is 8.89. The maximum Gasteiger partial charge on any atom is 0.238 e. The van der Waals surface area contributed by atoms with Crippen molar-refractivity contribution in [2.45, 2.75) is 45.2 Å². The quantitative estimate of drug-likeness (QED) is 0.800. The van der Waals surface area contributed by atoms with E-state index in [-0.39, 0.29) is 11.7 Å². The molecule has 1 fully saturated rings. The summed E-state index contributed by atoms with van der Waals surface area (Å²) in [7, 11) is 0.550. The van der Waals surface area contributed by atoms with Crippen molar-refractivity contribution in [1.29, 1.82) is 0 Å². The molecule has 7 heteroatoms. The Morgan fingerprint density at radius 1 is 1.28 bits per heavy atom.